The molecule has 6 nitrogen and oxygen atoms in total. The summed E-state index contributed by atoms with van der Waals surface area (Å²) in [5, 5.41) is 14.0. The van der Waals surface area contributed by atoms with Crippen molar-refractivity contribution < 1.29 is 18.3 Å². The first kappa shape index (κ1) is 22.3. The Labute approximate surface area is 201 Å². The van der Waals surface area contributed by atoms with Crippen molar-refractivity contribution in [3.8, 4) is 0 Å². The summed E-state index contributed by atoms with van der Waals surface area (Å²) < 4.78 is 26.9. The number of carbonyl (C=O) groups excluding carboxylic acids is 1. The van der Waals surface area contributed by atoms with Crippen molar-refractivity contribution in [3.63, 3.8) is 0 Å². The lowest BCUT2D eigenvalue weighted by molar-refractivity contribution is -0.136. The van der Waals surface area contributed by atoms with Crippen LogP contribution in [0.2, 0.25) is 0 Å². The quantitative estimate of drug-likeness (QED) is 0.668. The second kappa shape index (κ2) is 7.90. The first-order chi connectivity index (χ1) is 16.2. The molecule has 0 spiro atoms. The predicted molar refractivity (Wildman–Crippen MR) is 130 cm³/mol. The van der Waals surface area contributed by atoms with Crippen LogP contribution < -0.4 is 5.32 Å². The van der Waals surface area contributed by atoms with Crippen molar-refractivity contribution in [2.75, 3.05) is 18.4 Å². The van der Waals surface area contributed by atoms with Gasteiger partial charge in [-0.25, -0.2) is 8.42 Å². The number of hydrogen-bond acceptors (Lipinski definition) is 4. The van der Waals surface area contributed by atoms with Crippen molar-refractivity contribution in [2.24, 2.45) is 11.8 Å². The molecule has 1 amide bonds. The predicted octanol–water partition coefficient (Wildman–Crippen LogP) is 4.31. The van der Waals surface area contributed by atoms with Crippen molar-refractivity contribution in [3.05, 3.63) is 59.7 Å². The molecule has 1 heterocycles. The molecule has 0 radical (unpaired) electrons. The maximum atomic E-state index is 12.8. The zero-order valence-electron chi connectivity index (χ0n) is 19.4. The van der Waals surface area contributed by atoms with Gasteiger partial charge in [-0.3, -0.25) is 4.79 Å². The van der Waals surface area contributed by atoms with Crippen LogP contribution in [0.3, 0.4) is 0 Å². The monoisotopic (exact) mass is 480 g/mol. The fourth-order valence-corrected chi connectivity index (χ4v) is 9.04. The van der Waals surface area contributed by atoms with Gasteiger partial charge in [-0.15, -0.1) is 0 Å². The van der Waals surface area contributed by atoms with E-state index in [1.165, 1.54) is 28.4 Å². The van der Waals surface area contributed by atoms with Crippen LogP contribution >= 0.6 is 0 Å². The van der Waals surface area contributed by atoms with E-state index in [0.717, 1.165) is 44.9 Å². The summed E-state index contributed by atoms with van der Waals surface area (Å²) in [5.41, 5.74) is 1.98. The number of hydrogen-bond donors (Lipinski definition) is 2. The number of anilines is 1. The molecular formula is C27H32N2O4S. The van der Waals surface area contributed by atoms with Gasteiger partial charge in [0.1, 0.15) is 0 Å². The molecule has 7 rings (SSSR count). The Morgan fingerprint density at radius 2 is 1.53 bits per heavy atom. The number of nitrogens with zero attached hydrogens (tertiary/aromatic N) is 1. The average molecular weight is 481 g/mol. The molecule has 7 heteroatoms. The van der Waals surface area contributed by atoms with Crippen LogP contribution in [0.25, 0.3) is 0 Å². The SMILES string of the molecule is O=C(Nc1ccc(C23C[C@H]4C[C@@H](CC(O)(C4)C2)C3)cc1)c1ccc(S(=O)(=O)N2CCCC2)cc1. The summed E-state index contributed by atoms with van der Waals surface area (Å²) in [6.45, 7) is 1.12. The number of amides is 1. The molecule has 2 aromatic carbocycles. The molecule has 2 aromatic rings. The van der Waals surface area contributed by atoms with Crippen LogP contribution in [0.1, 0.15) is 67.3 Å². The highest BCUT2D eigenvalue weighted by Crippen LogP contribution is 2.62. The van der Waals surface area contributed by atoms with E-state index in [4.69, 9.17) is 0 Å². The lowest BCUT2D eigenvalue weighted by atomic mass is 9.46. The van der Waals surface area contributed by atoms with Crippen LogP contribution in [-0.2, 0) is 15.4 Å². The Morgan fingerprint density at radius 1 is 0.912 bits per heavy atom. The van der Waals surface area contributed by atoms with Gasteiger partial charge >= 0.3 is 0 Å². The highest BCUT2D eigenvalue weighted by atomic mass is 32.2. The van der Waals surface area contributed by atoms with Gasteiger partial charge in [-0.05, 0) is 111 Å². The minimum atomic E-state index is -3.48. The van der Waals surface area contributed by atoms with Crippen LogP contribution in [0, 0.1) is 11.8 Å². The Hall–Kier alpha value is -2.22. The van der Waals surface area contributed by atoms with Crippen molar-refractivity contribution >= 4 is 21.6 Å². The molecule has 4 saturated carbocycles. The van der Waals surface area contributed by atoms with Crippen LogP contribution in [-0.4, -0.2) is 42.4 Å². The third-order valence-electron chi connectivity index (χ3n) is 8.60. The van der Waals surface area contributed by atoms with E-state index in [0.29, 0.717) is 36.2 Å². The standard InChI is InChI=1S/C27H32N2O4S/c30-25(21-3-9-24(10-4-21)34(32,33)29-11-1-2-12-29)28-23-7-5-22(6-8-23)26-14-19-13-20(15-26)17-27(31,16-19)18-26/h3-10,19-20,31H,1-2,11-18H2,(H,28,30)/t19-,20-,26?,27?/m1/s1. The molecule has 5 fully saturated rings. The number of carbonyl (C=O) groups is 1. The van der Waals surface area contributed by atoms with Gasteiger partial charge in [0.15, 0.2) is 0 Å². The maximum absolute atomic E-state index is 12.8. The van der Waals surface area contributed by atoms with E-state index in [1.807, 2.05) is 12.1 Å². The molecule has 2 atom stereocenters. The summed E-state index contributed by atoms with van der Waals surface area (Å²) in [6, 6.07) is 14.3. The number of sulfonamides is 1. The third-order valence-corrected chi connectivity index (χ3v) is 10.5. The summed E-state index contributed by atoms with van der Waals surface area (Å²) in [4.78, 5) is 13.0. The van der Waals surface area contributed by atoms with E-state index >= 15 is 0 Å². The fourth-order valence-electron chi connectivity index (χ4n) is 7.52. The molecule has 5 aliphatic rings. The van der Waals surface area contributed by atoms with Crippen LogP contribution in [0.5, 0.6) is 0 Å². The molecule has 34 heavy (non-hydrogen) atoms. The number of benzene rings is 2. The molecule has 1 saturated heterocycles. The lowest BCUT2D eigenvalue weighted by Gasteiger charge is -2.60. The van der Waals surface area contributed by atoms with Crippen molar-refractivity contribution in [1.82, 2.24) is 4.31 Å². The minimum absolute atomic E-state index is 0.0675. The Balaban J connectivity index is 1.15. The van der Waals surface area contributed by atoms with Gasteiger partial charge in [-0.2, -0.15) is 4.31 Å². The van der Waals surface area contributed by atoms with Gasteiger partial charge < -0.3 is 10.4 Å². The molecule has 180 valence electrons. The molecule has 4 bridgehead atoms. The largest absolute Gasteiger partial charge is 0.390 e. The van der Waals surface area contributed by atoms with Gasteiger partial charge in [-0.1, -0.05) is 12.1 Å². The highest BCUT2D eigenvalue weighted by Gasteiger charge is 2.57. The summed E-state index contributed by atoms with van der Waals surface area (Å²) in [6.07, 6.45) is 8.12. The molecule has 1 aliphatic heterocycles. The molecule has 2 N–H and O–H groups in total. The molecule has 0 unspecified atom stereocenters. The first-order valence-electron chi connectivity index (χ1n) is 12.5. The average Bonchev–Trinajstić information content (AvgIpc) is 3.34. The van der Waals surface area contributed by atoms with Crippen molar-refractivity contribution in [1.29, 1.82) is 0 Å². The van der Waals surface area contributed by atoms with Crippen LogP contribution in [0.4, 0.5) is 5.69 Å². The first-order valence-corrected chi connectivity index (χ1v) is 13.9. The Bertz CT molecular complexity index is 1190. The lowest BCUT2D eigenvalue weighted by Crippen LogP contribution is -2.57. The number of aliphatic hydroxyl groups is 1. The number of rotatable bonds is 5. The number of nitrogens with one attached hydrogen (secondary N) is 1. The minimum Gasteiger partial charge on any atom is -0.390 e. The van der Waals surface area contributed by atoms with Gasteiger partial charge in [0, 0.05) is 24.3 Å². The zero-order valence-corrected chi connectivity index (χ0v) is 20.2. The highest BCUT2D eigenvalue weighted by molar-refractivity contribution is 7.89. The van der Waals surface area contributed by atoms with Gasteiger partial charge in [0.25, 0.3) is 5.91 Å². The Morgan fingerprint density at radius 3 is 2.12 bits per heavy atom. The molecule has 4 aliphatic carbocycles. The Kier molecular flexibility index (Phi) is 5.17. The second-order valence-corrected chi connectivity index (χ2v) is 13.1. The van der Waals surface area contributed by atoms with Gasteiger partial charge in [0.05, 0.1) is 10.5 Å². The third kappa shape index (κ3) is 3.78. The molecular weight excluding hydrogens is 448 g/mol. The maximum Gasteiger partial charge on any atom is 0.255 e. The van der Waals surface area contributed by atoms with E-state index in [9.17, 15) is 18.3 Å². The van der Waals surface area contributed by atoms with Crippen LogP contribution in [0.15, 0.2) is 53.4 Å². The topological polar surface area (TPSA) is 86.7 Å². The second-order valence-electron chi connectivity index (χ2n) is 11.1. The van der Waals surface area contributed by atoms with E-state index in [-0.39, 0.29) is 16.2 Å². The van der Waals surface area contributed by atoms with Crippen molar-refractivity contribution in [2.45, 2.75) is 67.3 Å². The zero-order chi connectivity index (χ0) is 23.6. The summed E-state index contributed by atoms with van der Waals surface area (Å²) in [5.74, 6) is 0.993. The normalized spacial score (nSPS) is 32.7. The fraction of sp³-hybridized carbons (Fsp3) is 0.519. The summed E-state index contributed by atoms with van der Waals surface area (Å²) >= 11 is 0. The summed E-state index contributed by atoms with van der Waals surface area (Å²) in [7, 11) is -3.48. The van der Waals surface area contributed by atoms with E-state index < -0.39 is 15.6 Å². The smallest absolute Gasteiger partial charge is 0.255 e. The van der Waals surface area contributed by atoms with E-state index in [1.54, 1.807) is 12.1 Å². The van der Waals surface area contributed by atoms with E-state index in [2.05, 4.69) is 17.4 Å². The molecule has 0 aromatic heterocycles. The van der Waals surface area contributed by atoms with Gasteiger partial charge in [0.2, 0.25) is 10.0 Å².